The predicted molar refractivity (Wildman–Crippen MR) is 110 cm³/mol. The zero-order valence-corrected chi connectivity index (χ0v) is 18.2. The van der Waals surface area contributed by atoms with Gasteiger partial charge in [-0.2, -0.15) is 13.2 Å². The Morgan fingerprint density at radius 2 is 1.94 bits per heavy atom. The fourth-order valence-electron chi connectivity index (χ4n) is 4.00. The summed E-state index contributed by atoms with van der Waals surface area (Å²) in [5.74, 6) is -1.34. The molecule has 0 unspecified atom stereocenters. The van der Waals surface area contributed by atoms with Gasteiger partial charge in [0.25, 0.3) is 0 Å². The molecule has 1 aliphatic heterocycles. The molecule has 32 heavy (non-hydrogen) atoms. The highest BCUT2D eigenvalue weighted by atomic mass is 19.4. The SMILES string of the molecule is C=CC(=O)N1CCN([C@@H](Cc2cccc(C(F)(F)F)c2)C(=O)OCC(C)C)C(=O)C12CC2. The van der Waals surface area contributed by atoms with E-state index in [0.717, 1.165) is 18.2 Å². The minimum Gasteiger partial charge on any atom is -0.464 e. The third kappa shape index (κ3) is 4.81. The number of hydrogen-bond donors (Lipinski definition) is 0. The Kier molecular flexibility index (Phi) is 6.67. The zero-order chi connectivity index (χ0) is 23.7. The van der Waals surface area contributed by atoms with E-state index in [4.69, 9.17) is 4.74 Å². The molecule has 1 atom stereocenters. The molecule has 1 heterocycles. The van der Waals surface area contributed by atoms with Crippen LogP contribution in [0.3, 0.4) is 0 Å². The summed E-state index contributed by atoms with van der Waals surface area (Å²) in [7, 11) is 0. The maximum atomic E-state index is 13.4. The van der Waals surface area contributed by atoms with E-state index in [2.05, 4.69) is 6.58 Å². The van der Waals surface area contributed by atoms with Crippen molar-refractivity contribution in [2.24, 2.45) is 5.92 Å². The molecular formula is C23H27F3N2O4. The lowest BCUT2D eigenvalue weighted by molar-refractivity contribution is -0.163. The van der Waals surface area contributed by atoms with Gasteiger partial charge in [-0.3, -0.25) is 9.59 Å². The number of piperazine rings is 1. The highest BCUT2D eigenvalue weighted by Gasteiger charge is 2.60. The van der Waals surface area contributed by atoms with Crippen LogP contribution in [0.15, 0.2) is 36.9 Å². The maximum absolute atomic E-state index is 13.4. The molecule has 0 radical (unpaired) electrons. The van der Waals surface area contributed by atoms with Gasteiger partial charge in [-0.25, -0.2) is 4.79 Å². The van der Waals surface area contributed by atoms with Gasteiger partial charge >= 0.3 is 12.1 Å². The van der Waals surface area contributed by atoms with Gasteiger partial charge in [-0.1, -0.05) is 38.6 Å². The van der Waals surface area contributed by atoms with Crippen molar-refractivity contribution >= 4 is 17.8 Å². The van der Waals surface area contributed by atoms with Crippen LogP contribution in [0.2, 0.25) is 0 Å². The molecule has 1 aromatic rings. The summed E-state index contributed by atoms with van der Waals surface area (Å²) in [6.45, 7) is 7.63. The Morgan fingerprint density at radius 1 is 1.25 bits per heavy atom. The average molecular weight is 452 g/mol. The van der Waals surface area contributed by atoms with Crippen LogP contribution in [0, 0.1) is 5.92 Å². The Balaban J connectivity index is 1.89. The van der Waals surface area contributed by atoms with Crippen molar-refractivity contribution in [1.29, 1.82) is 0 Å². The number of esters is 1. The molecule has 2 amide bonds. The average Bonchev–Trinajstić information content (AvgIpc) is 3.53. The first-order chi connectivity index (χ1) is 15.0. The van der Waals surface area contributed by atoms with Crippen molar-refractivity contribution in [2.45, 2.75) is 50.9 Å². The van der Waals surface area contributed by atoms with E-state index in [0.29, 0.717) is 12.8 Å². The smallest absolute Gasteiger partial charge is 0.416 e. The molecule has 2 aliphatic rings. The minimum absolute atomic E-state index is 0.0562. The van der Waals surface area contributed by atoms with E-state index in [9.17, 15) is 27.6 Å². The second-order valence-electron chi connectivity index (χ2n) is 8.67. The van der Waals surface area contributed by atoms with Crippen LogP contribution in [0.4, 0.5) is 13.2 Å². The number of carbonyl (C=O) groups is 3. The zero-order valence-electron chi connectivity index (χ0n) is 18.2. The number of nitrogens with zero attached hydrogens (tertiary/aromatic N) is 2. The fourth-order valence-corrected chi connectivity index (χ4v) is 4.00. The number of benzene rings is 1. The van der Waals surface area contributed by atoms with Gasteiger partial charge in [0.05, 0.1) is 12.2 Å². The highest BCUT2D eigenvalue weighted by molar-refractivity contribution is 5.99. The fraction of sp³-hybridized carbons (Fsp3) is 0.522. The van der Waals surface area contributed by atoms with Crippen molar-refractivity contribution in [3.63, 3.8) is 0 Å². The number of ether oxygens (including phenoxy) is 1. The van der Waals surface area contributed by atoms with Gasteiger partial charge in [0, 0.05) is 19.5 Å². The molecule has 1 saturated carbocycles. The second kappa shape index (κ2) is 8.96. The van der Waals surface area contributed by atoms with Gasteiger partial charge in [-0.05, 0) is 36.5 Å². The monoisotopic (exact) mass is 452 g/mol. The molecule has 1 spiro atoms. The summed E-state index contributed by atoms with van der Waals surface area (Å²) in [5, 5.41) is 0. The quantitative estimate of drug-likeness (QED) is 0.471. The van der Waals surface area contributed by atoms with E-state index in [-0.39, 0.29) is 49.4 Å². The van der Waals surface area contributed by atoms with E-state index in [1.165, 1.54) is 21.9 Å². The van der Waals surface area contributed by atoms with Crippen molar-refractivity contribution in [1.82, 2.24) is 9.80 Å². The highest BCUT2D eigenvalue weighted by Crippen LogP contribution is 2.46. The standard InChI is InChI=1S/C23H27F3N2O4/c1-4-19(29)28-11-10-27(21(31)22(28)8-9-22)18(20(30)32-14-15(2)3)13-16-6-5-7-17(12-16)23(24,25)26/h4-7,12,15,18H,1,8-11,13-14H2,2-3H3/t18-/m0/s1. The maximum Gasteiger partial charge on any atom is 0.416 e. The summed E-state index contributed by atoms with van der Waals surface area (Å²) in [4.78, 5) is 41.4. The molecule has 2 fully saturated rings. The van der Waals surface area contributed by atoms with Crippen molar-refractivity contribution in [3.8, 4) is 0 Å². The molecule has 1 aromatic carbocycles. The van der Waals surface area contributed by atoms with Crippen LogP contribution in [0.1, 0.15) is 37.8 Å². The van der Waals surface area contributed by atoms with E-state index < -0.39 is 29.3 Å². The summed E-state index contributed by atoms with van der Waals surface area (Å²) in [6.07, 6.45) is -2.54. The molecule has 3 rings (SSSR count). The lowest BCUT2D eigenvalue weighted by atomic mass is 9.99. The molecular weight excluding hydrogens is 425 g/mol. The molecule has 1 aliphatic carbocycles. The lowest BCUT2D eigenvalue weighted by Gasteiger charge is -2.43. The number of rotatable bonds is 7. The summed E-state index contributed by atoms with van der Waals surface area (Å²) < 4.78 is 44.8. The molecule has 0 N–H and O–H groups in total. The molecule has 174 valence electrons. The van der Waals surface area contributed by atoms with Gasteiger partial charge in [-0.15, -0.1) is 0 Å². The number of halogens is 3. The molecule has 1 saturated heterocycles. The van der Waals surface area contributed by atoms with E-state index in [1.807, 2.05) is 13.8 Å². The topological polar surface area (TPSA) is 66.9 Å². The third-order valence-corrected chi connectivity index (χ3v) is 5.79. The number of hydrogen-bond acceptors (Lipinski definition) is 4. The predicted octanol–water partition coefficient (Wildman–Crippen LogP) is 3.21. The first kappa shape index (κ1) is 23.8. The van der Waals surface area contributed by atoms with Crippen molar-refractivity contribution < 1.29 is 32.3 Å². The normalized spacial score (nSPS) is 18.6. The van der Waals surface area contributed by atoms with Crippen LogP contribution < -0.4 is 0 Å². The molecule has 6 nitrogen and oxygen atoms in total. The third-order valence-electron chi connectivity index (χ3n) is 5.79. The molecule has 0 bridgehead atoms. The Hall–Kier alpha value is -2.84. The first-order valence-electron chi connectivity index (χ1n) is 10.6. The van der Waals surface area contributed by atoms with Gasteiger partial charge in [0.1, 0.15) is 11.6 Å². The molecule has 9 heteroatoms. The number of alkyl halides is 3. The lowest BCUT2D eigenvalue weighted by Crippen LogP contribution is -2.64. The van der Waals surface area contributed by atoms with Gasteiger partial charge in [0.2, 0.25) is 11.8 Å². The minimum atomic E-state index is -4.52. The Morgan fingerprint density at radius 3 is 2.50 bits per heavy atom. The van der Waals surface area contributed by atoms with Crippen molar-refractivity contribution in [2.75, 3.05) is 19.7 Å². The Bertz CT molecular complexity index is 909. The van der Waals surface area contributed by atoms with Crippen LogP contribution in [-0.2, 0) is 31.7 Å². The Labute approximate surface area is 185 Å². The van der Waals surface area contributed by atoms with Crippen molar-refractivity contribution in [3.05, 3.63) is 48.0 Å². The number of amides is 2. The summed E-state index contributed by atoms with van der Waals surface area (Å²) in [5.41, 5.74) is -1.56. The van der Waals surface area contributed by atoms with Crippen LogP contribution in [-0.4, -0.2) is 58.9 Å². The largest absolute Gasteiger partial charge is 0.464 e. The summed E-state index contributed by atoms with van der Waals surface area (Å²) >= 11 is 0. The molecule has 0 aromatic heterocycles. The van der Waals surface area contributed by atoms with Gasteiger partial charge in [0.15, 0.2) is 0 Å². The summed E-state index contributed by atoms with van der Waals surface area (Å²) in [6, 6.07) is 3.63. The van der Waals surface area contributed by atoms with E-state index in [1.54, 1.807) is 0 Å². The second-order valence-corrected chi connectivity index (χ2v) is 8.67. The van der Waals surface area contributed by atoms with Gasteiger partial charge < -0.3 is 14.5 Å². The van der Waals surface area contributed by atoms with Crippen LogP contribution in [0.25, 0.3) is 0 Å². The van der Waals surface area contributed by atoms with Crippen LogP contribution in [0.5, 0.6) is 0 Å². The van der Waals surface area contributed by atoms with Crippen LogP contribution >= 0.6 is 0 Å². The number of carbonyl (C=O) groups excluding carboxylic acids is 3. The van der Waals surface area contributed by atoms with E-state index >= 15 is 0 Å². The first-order valence-corrected chi connectivity index (χ1v) is 10.6.